The molecule has 2 heterocycles. The number of carbonyl (C=O) groups excluding carboxylic acids is 1. The van der Waals surface area contributed by atoms with E-state index in [4.69, 9.17) is 27.5 Å². The Balaban J connectivity index is 1.86. The zero-order valence-corrected chi connectivity index (χ0v) is 16.3. The maximum Gasteiger partial charge on any atom is 0.281 e. The topological polar surface area (TPSA) is 96.0 Å². The molecular weight excluding hydrogens is 418 g/mol. The third kappa shape index (κ3) is 3.55. The molecule has 10 heteroatoms. The maximum absolute atomic E-state index is 12.7. The summed E-state index contributed by atoms with van der Waals surface area (Å²) in [5.41, 5.74) is 0.438. The SMILES string of the molecule is C#CCn1c(=NC(=O)c2cc([N+](=O)[O-])ccc2Cl)sc2cc3c(cc21)OCCO3. The van der Waals surface area contributed by atoms with Crippen LogP contribution in [0.3, 0.4) is 0 Å². The van der Waals surface area contributed by atoms with Gasteiger partial charge in [-0.2, -0.15) is 4.99 Å². The van der Waals surface area contributed by atoms with E-state index in [-0.39, 0.29) is 22.8 Å². The Labute approximate surface area is 173 Å². The minimum absolute atomic E-state index is 0.0588. The number of nitro groups is 1. The van der Waals surface area contributed by atoms with Crippen LogP contribution in [0, 0.1) is 22.5 Å². The number of ether oxygens (including phenoxy) is 2. The summed E-state index contributed by atoms with van der Waals surface area (Å²) in [6.07, 6.45) is 5.49. The van der Waals surface area contributed by atoms with E-state index in [9.17, 15) is 14.9 Å². The molecule has 0 fully saturated rings. The van der Waals surface area contributed by atoms with E-state index < -0.39 is 10.8 Å². The molecule has 0 saturated heterocycles. The number of amides is 1. The van der Waals surface area contributed by atoms with Gasteiger partial charge in [0.25, 0.3) is 11.6 Å². The zero-order valence-electron chi connectivity index (χ0n) is 14.8. The van der Waals surface area contributed by atoms with Crippen molar-refractivity contribution < 1.29 is 19.2 Å². The molecule has 0 spiro atoms. The normalized spacial score (nSPS) is 13.3. The number of fused-ring (bicyclic) bond motifs is 2. The fourth-order valence-corrected chi connectivity index (χ4v) is 4.11. The Morgan fingerprint density at radius 1 is 1.31 bits per heavy atom. The molecule has 0 unspecified atom stereocenters. The number of hydrogen-bond acceptors (Lipinski definition) is 6. The van der Waals surface area contributed by atoms with Crippen molar-refractivity contribution in [2.75, 3.05) is 13.2 Å². The van der Waals surface area contributed by atoms with Gasteiger partial charge in [-0.3, -0.25) is 14.9 Å². The number of terminal acetylenes is 1. The van der Waals surface area contributed by atoms with Gasteiger partial charge in [0, 0.05) is 24.3 Å². The first kappa shape index (κ1) is 19.0. The zero-order chi connectivity index (χ0) is 20.5. The summed E-state index contributed by atoms with van der Waals surface area (Å²) >= 11 is 7.30. The van der Waals surface area contributed by atoms with Gasteiger partial charge in [-0.15, -0.1) is 6.42 Å². The lowest BCUT2D eigenvalue weighted by Crippen LogP contribution is -2.17. The molecule has 2 aromatic carbocycles. The number of rotatable bonds is 3. The number of thiazole rings is 1. The van der Waals surface area contributed by atoms with E-state index in [1.807, 2.05) is 6.07 Å². The van der Waals surface area contributed by atoms with Gasteiger partial charge in [0.2, 0.25) is 0 Å². The van der Waals surface area contributed by atoms with E-state index in [2.05, 4.69) is 10.9 Å². The smallest absolute Gasteiger partial charge is 0.281 e. The number of nitro benzene ring substituents is 1. The molecule has 0 aliphatic carbocycles. The molecule has 1 aromatic heterocycles. The molecule has 8 nitrogen and oxygen atoms in total. The molecule has 1 aliphatic heterocycles. The molecule has 0 atom stereocenters. The number of hydrogen-bond donors (Lipinski definition) is 0. The maximum atomic E-state index is 12.7. The van der Waals surface area contributed by atoms with Crippen LogP contribution < -0.4 is 14.3 Å². The van der Waals surface area contributed by atoms with Crippen molar-refractivity contribution in [3.8, 4) is 23.8 Å². The summed E-state index contributed by atoms with van der Waals surface area (Å²) in [5, 5.41) is 11.1. The Morgan fingerprint density at radius 3 is 2.72 bits per heavy atom. The third-order valence-corrected chi connectivity index (χ3v) is 5.56. The Morgan fingerprint density at radius 2 is 2.03 bits per heavy atom. The second-order valence-electron chi connectivity index (χ2n) is 5.98. The van der Waals surface area contributed by atoms with Crippen molar-refractivity contribution in [3.63, 3.8) is 0 Å². The highest BCUT2D eigenvalue weighted by atomic mass is 35.5. The molecule has 3 aromatic rings. The highest BCUT2D eigenvalue weighted by Gasteiger charge is 2.18. The average Bonchev–Trinajstić information content (AvgIpc) is 3.02. The lowest BCUT2D eigenvalue weighted by Gasteiger charge is -2.18. The van der Waals surface area contributed by atoms with E-state index in [1.54, 1.807) is 10.6 Å². The Hall–Kier alpha value is -3.35. The van der Waals surface area contributed by atoms with Gasteiger partial charge in [0.05, 0.1) is 32.3 Å². The van der Waals surface area contributed by atoms with E-state index in [1.165, 1.54) is 23.5 Å². The molecule has 4 rings (SSSR count). The summed E-state index contributed by atoms with van der Waals surface area (Å²) in [4.78, 5) is 27.6. The summed E-state index contributed by atoms with van der Waals surface area (Å²) in [6.45, 7) is 1.07. The average molecular weight is 430 g/mol. The second-order valence-corrected chi connectivity index (χ2v) is 7.39. The van der Waals surface area contributed by atoms with Crippen LogP contribution in [0.4, 0.5) is 5.69 Å². The summed E-state index contributed by atoms with van der Waals surface area (Å²) in [5.74, 6) is 3.04. The van der Waals surface area contributed by atoms with E-state index in [0.717, 1.165) is 16.3 Å². The second kappa shape index (κ2) is 7.58. The number of benzene rings is 2. The van der Waals surface area contributed by atoms with Crippen LogP contribution in [0.15, 0.2) is 35.3 Å². The minimum Gasteiger partial charge on any atom is -0.486 e. The Kier molecular flexibility index (Phi) is 4.96. The van der Waals surface area contributed by atoms with Gasteiger partial charge >= 0.3 is 0 Å². The fraction of sp³-hybridized carbons (Fsp3) is 0.158. The molecule has 0 bridgehead atoms. The lowest BCUT2D eigenvalue weighted by molar-refractivity contribution is -0.384. The molecular formula is C19H12ClN3O5S. The van der Waals surface area contributed by atoms with Crippen LogP contribution >= 0.6 is 22.9 Å². The molecule has 1 amide bonds. The van der Waals surface area contributed by atoms with Crippen LogP contribution in [-0.4, -0.2) is 28.6 Å². The molecule has 0 radical (unpaired) electrons. The van der Waals surface area contributed by atoms with Crippen molar-refractivity contribution in [1.29, 1.82) is 0 Å². The van der Waals surface area contributed by atoms with Gasteiger partial charge in [-0.1, -0.05) is 28.9 Å². The van der Waals surface area contributed by atoms with Crippen LogP contribution in [0.2, 0.25) is 5.02 Å². The molecule has 146 valence electrons. The third-order valence-electron chi connectivity index (χ3n) is 4.18. The van der Waals surface area contributed by atoms with Gasteiger partial charge in [0.15, 0.2) is 16.3 Å². The first-order valence-corrected chi connectivity index (χ1v) is 9.57. The quantitative estimate of drug-likeness (QED) is 0.361. The van der Waals surface area contributed by atoms with Crippen LogP contribution in [0.25, 0.3) is 10.2 Å². The highest BCUT2D eigenvalue weighted by molar-refractivity contribution is 7.16. The predicted octanol–water partition coefficient (Wildman–Crippen LogP) is 3.41. The van der Waals surface area contributed by atoms with E-state index in [0.29, 0.717) is 29.5 Å². The molecule has 29 heavy (non-hydrogen) atoms. The number of non-ortho nitro benzene ring substituents is 1. The molecule has 0 saturated carbocycles. The van der Waals surface area contributed by atoms with Crippen LogP contribution in [0.1, 0.15) is 10.4 Å². The molecule has 0 N–H and O–H groups in total. The van der Waals surface area contributed by atoms with Crippen molar-refractivity contribution in [1.82, 2.24) is 4.57 Å². The van der Waals surface area contributed by atoms with Gasteiger partial charge in [-0.05, 0) is 6.07 Å². The summed E-state index contributed by atoms with van der Waals surface area (Å²) < 4.78 is 13.7. The summed E-state index contributed by atoms with van der Waals surface area (Å²) in [6, 6.07) is 7.23. The first-order chi connectivity index (χ1) is 14.0. The largest absolute Gasteiger partial charge is 0.486 e. The standard InChI is InChI=1S/C19H12ClN3O5S/c1-2-5-22-14-9-15-16(28-7-6-27-15)10-17(14)29-19(22)21-18(24)12-8-11(23(25)26)3-4-13(12)20/h1,3-4,8-10H,5-7H2. The molecule has 1 aliphatic rings. The monoisotopic (exact) mass is 429 g/mol. The van der Waals surface area contributed by atoms with E-state index >= 15 is 0 Å². The fourth-order valence-electron chi connectivity index (χ4n) is 2.87. The number of aromatic nitrogens is 1. The van der Waals surface area contributed by atoms with Crippen molar-refractivity contribution in [2.24, 2.45) is 4.99 Å². The summed E-state index contributed by atoms with van der Waals surface area (Å²) in [7, 11) is 0. The van der Waals surface area contributed by atoms with Crippen molar-refractivity contribution in [2.45, 2.75) is 6.54 Å². The van der Waals surface area contributed by atoms with Gasteiger partial charge < -0.3 is 14.0 Å². The van der Waals surface area contributed by atoms with Gasteiger partial charge in [0.1, 0.15) is 13.2 Å². The number of nitrogens with zero attached hydrogens (tertiary/aromatic N) is 3. The predicted molar refractivity (Wildman–Crippen MR) is 108 cm³/mol. The first-order valence-electron chi connectivity index (χ1n) is 8.37. The van der Waals surface area contributed by atoms with Crippen LogP contribution in [0.5, 0.6) is 11.5 Å². The minimum atomic E-state index is -0.701. The van der Waals surface area contributed by atoms with Crippen LogP contribution in [-0.2, 0) is 6.54 Å². The number of carbonyl (C=O) groups is 1. The lowest BCUT2D eigenvalue weighted by atomic mass is 10.2. The Bertz CT molecular complexity index is 1270. The highest BCUT2D eigenvalue weighted by Crippen LogP contribution is 2.35. The van der Waals surface area contributed by atoms with Crippen molar-refractivity contribution in [3.05, 3.63) is 55.8 Å². The van der Waals surface area contributed by atoms with Crippen molar-refractivity contribution >= 4 is 44.7 Å². The van der Waals surface area contributed by atoms with Gasteiger partial charge in [-0.25, -0.2) is 0 Å². The number of halogens is 1.